The quantitative estimate of drug-likeness (QED) is 0.865. The van der Waals surface area contributed by atoms with Crippen molar-refractivity contribution in [1.29, 1.82) is 0 Å². The highest BCUT2D eigenvalue weighted by molar-refractivity contribution is 9.10. The van der Waals surface area contributed by atoms with Gasteiger partial charge in [-0.25, -0.2) is 0 Å². The molecule has 5 heteroatoms. The Morgan fingerprint density at radius 2 is 2.38 bits per heavy atom. The smallest absolute Gasteiger partial charge is 0.267 e. The molecule has 1 rings (SSSR count). The largest absolute Gasteiger partial charge is 0.396 e. The van der Waals surface area contributed by atoms with Gasteiger partial charge in [-0.05, 0) is 34.8 Å². The first-order valence-corrected chi connectivity index (χ1v) is 6.12. The van der Waals surface area contributed by atoms with Crippen LogP contribution in [-0.2, 0) is 6.54 Å². The van der Waals surface area contributed by atoms with Crippen LogP contribution in [0.3, 0.4) is 0 Å². The van der Waals surface area contributed by atoms with E-state index in [-0.39, 0.29) is 18.4 Å². The van der Waals surface area contributed by atoms with Crippen LogP contribution in [0.15, 0.2) is 16.7 Å². The van der Waals surface area contributed by atoms with E-state index in [1.165, 1.54) is 0 Å². The minimum Gasteiger partial charge on any atom is -0.396 e. The number of halogens is 1. The molecule has 16 heavy (non-hydrogen) atoms. The molecule has 0 radical (unpaired) electrons. The molecule has 1 unspecified atom stereocenters. The summed E-state index contributed by atoms with van der Waals surface area (Å²) in [6, 6.07) is 1.79. The predicted octanol–water partition coefficient (Wildman–Crippen LogP) is 1.63. The molecule has 1 atom stereocenters. The van der Waals surface area contributed by atoms with Crippen molar-refractivity contribution < 1.29 is 9.90 Å². The molecule has 2 N–H and O–H groups in total. The van der Waals surface area contributed by atoms with E-state index < -0.39 is 0 Å². The summed E-state index contributed by atoms with van der Waals surface area (Å²) in [4.78, 5) is 11.8. The van der Waals surface area contributed by atoms with Gasteiger partial charge in [0.15, 0.2) is 0 Å². The molecular formula is C11H17BrN2O2. The molecule has 0 aromatic carbocycles. The number of amides is 1. The van der Waals surface area contributed by atoms with Crippen LogP contribution in [-0.4, -0.2) is 28.7 Å². The minimum atomic E-state index is -0.104. The number of carbonyl (C=O) groups excluding carboxylic acids is 1. The topological polar surface area (TPSA) is 54.3 Å². The molecule has 0 saturated carbocycles. The SMILES string of the molecule is CCn1cc(Br)cc1C(=O)NCC(C)CO. The summed E-state index contributed by atoms with van der Waals surface area (Å²) < 4.78 is 2.78. The summed E-state index contributed by atoms with van der Waals surface area (Å²) in [6.45, 7) is 5.19. The Bertz CT molecular complexity index is 363. The number of aryl methyl sites for hydroxylation is 1. The molecule has 90 valence electrons. The highest BCUT2D eigenvalue weighted by Crippen LogP contribution is 2.14. The number of aromatic nitrogens is 1. The maximum atomic E-state index is 11.8. The number of aliphatic hydroxyl groups is 1. The molecule has 0 aliphatic rings. The summed E-state index contributed by atoms with van der Waals surface area (Å²) in [7, 11) is 0. The molecular weight excluding hydrogens is 272 g/mol. The molecule has 0 bridgehead atoms. The van der Waals surface area contributed by atoms with Crippen LogP contribution in [0.25, 0.3) is 0 Å². The first-order chi connectivity index (χ1) is 7.58. The van der Waals surface area contributed by atoms with Crippen molar-refractivity contribution >= 4 is 21.8 Å². The third kappa shape index (κ3) is 3.35. The van der Waals surface area contributed by atoms with Gasteiger partial charge in [0, 0.05) is 30.4 Å². The fourth-order valence-electron chi connectivity index (χ4n) is 1.35. The second kappa shape index (κ2) is 6.06. The molecule has 1 amide bonds. The number of rotatable bonds is 5. The highest BCUT2D eigenvalue weighted by Gasteiger charge is 2.12. The zero-order valence-corrected chi connectivity index (χ0v) is 11.1. The second-order valence-corrected chi connectivity index (χ2v) is 4.74. The van der Waals surface area contributed by atoms with Crippen LogP contribution in [0, 0.1) is 5.92 Å². The molecule has 1 heterocycles. The van der Waals surface area contributed by atoms with Gasteiger partial charge in [-0.2, -0.15) is 0 Å². The Hall–Kier alpha value is -0.810. The molecule has 1 aromatic heterocycles. The zero-order valence-electron chi connectivity index (χ0n) is 9.53. The number of nitrogens with one attached hydrogen (secondary N) is 1. The van der Waals surface area contributed by atoms with E-state index in [1.807, 2.05) is 24.6 Å². The Kier molecular flexibility index (Phi) is 5.02. The molecule has 0 aliphatic carbocycles. The fraction of sp³-hybridized carbons (Fsp3) is 0.545. The van der Waals surface area contributed by atoms with Gasteiger partial charge in [0.1, 0.15) is 5.69 Å². The molecule has 4 nitrogen and oxygen atoms in total. The maximum absolute atomic E-state index is 11.8. The average molecular weight is 289 g/mol. The van der Waals surface area contributed by atoms with Gasteiger partial charge in [0.2, 0.25) is 0 Å². The molecule has 0 aliphatic heterocycles. The minimum absolute atomic E-state index is 0.0810. The summed E-state index contributed by atoms with van der Waals surface area (Å²) in [6.07, 6.45) is 1.88. The van der Waals surface area contributed by atoms with Crippen LogP contribution >= 0.6 is 15.9 Å². The monoisotopic (exact) mass is 288 g/mol. The van der Waals surface area contributed by atoms with Crippen molar-refractivity contribution in [3.05, 3.63) is 22.4 Å². The Balaban J connectivity index is 2.65. The van der Waals surface area contributed by atoms with Crippen molar-refractivity contribution in [2.24, 2.45) is 5.92 Å². The third-order valence-corrected chi connectivity index (χ3v) is 2.79. The molecule has 0 spiro atoms. The Labute approximate surface area is 104 Å². The summed E-state index contributed by atoms with van der Waals surface area (Å²) in [5, 5.41) is 11.7. The number of hydrogen-bond acceptors (Lipinski definition) is 2. The first kappa shape index (κ1) is 13.3. The van der Waals surface area contributed by atoms with Crippen molar-refractivity contribution in [3.8, 4) is 0 Å². The van der Waals surface area contributed by atoms with Gasteiger partial charge >= 0.3 is 0 Å². The fourth-order valence-corrected chi connectivity index (χ4v) is 1.81. The van der Waals surface area contributed by atoms with Gasteiger partial charge in [-0.1, -0.05) is 6.92 Å². The lowest BCUT2D eigenvalue weighted by atomic mass is 10.2. The Morgan fingerprint density at radius 3 is 2.94 bits per heavy atom. The normalized spacial score (nSPS) is 12.5. The maximum Gasteiger partial charge on any atom is 0.267 e. The van der Waals surface area contributed by atoms with Gasteiger partial charge in [-0.15, -0.1) is 0 Å². The van der Waals surface area contributed by atoms with Crippen LogP contribution < -0.4 is 5.32 Å². The van der Waals surface area contributed by atoms with E-state index in [2.05, 4.69) is 21.2 Å². The first-order valence-electron chi connectivity index (χ1n) is 5.33. The number of carbonyl (C=O) groups is 1. The van der Waals surface area contributed by atoms with E-state index in [1.54, 1.807) is 6.07 Å². The van der Waals surface area contributed by atoms with Crippen molar-refractivity contribution in [2.45, 2.75) is 20.4 Å². The van der Waals surface area contributed by atoms with Crippen molar-refractivity contribution in [2.75, 3.05) is 13.2 Å². The van der Waals surface area contributed by atoms with Crippen LogP contribution in [0.5, 0.6) is 0 Å². The number of nitrogens with zero attached hydrogens (tertiary/aromatic N) is 1. The van der Waals surface area contributed by atoms with E-state index in [0.29, 0.717) is 12.2 Å². The standard InChI is InChI=1S/C11H17BrN2O2/c1-3-14-6-9(12)4-10(14)11(16)13-5-8(2)7-15/h4,6,8,15H,3,5,7H2,1-2H3,(H,13,16). The highest BCUT2D eigenvalue weighted by atomic mass is 79.9. The Morgan fingerprint density at radius 1 is 1.69 bits per heavy atom. The van der Waals surface area contributed by atoms with E-state index in [4.69, 9.17) is 5.11 Å². The van der Waals surface area contributed by atoms with Crippen LogP contribution in [0.4, 0.5) is 0 Å². The number of aliphatic hydroxyl groups excluding tert-OH is 1. The zero-order chi connectivity index (χ0) is 12.1. The summed E-state index contributed by atoms with van der Waals surface area (Å²) >= 11 is 3.34. The summed E-state index contributed by atoms with van der Waals surface area (Å²) in [5.41, 5.74) is 0.638. The van der Waals surface area contributed by atoms with Gasteiger partial charge in [-0.3, -0.25) is 4.79 Å². The van der Waals surface area contributed by atoms with Gasteiger partial charge in [0.25, 0.3) is 5.91 Å². The number of hydrogen-bond donors (Lipinski definition) is 2. The van der Waals surface area contributed by atoms with E-state index in [0.717, 1.165) is 11.0 Å². The van der Waals surface area contributed by atoms with Crippen LogP contribution in [0.2, 0.25) is 0 Å². The summed E-state index contributed by atoms with van der Waals surface area (Å²) in [5.74, 6) is -0.0229. The lowest BCUT2D eigenvalue weighted by Crippen LogP contribution is -2.30. The van der Waals surface area contributed by atoms with Crippen molar-refractivity contribution in [3.63, 3.8) is 0 Å². The van der Waals surface area contributed by atoms with Gasteiger partial charge < -0.3 is 15.0 Å². The van der Waals surface area contributed by atoms with Crippen LogP contribution in [0.1, 0.15) is 24.3 Å². The van der Waals surface area contributed by atoms with E-state index >= 15 is 0 Å². The molecule has 0 fully saturated rings. The molecule has 1 aromatic rings. The lowest BCUT2D eigenvalue weighted by molar-refractivity contribution is 0.0933. The molecule has 0 saturated heterocycles. The van der Waals surface area contributed by atoms with Gasteiger partial charge in [0.05, 0.1) is 0 Å². The predicted molar refractivity (Wildman–Crippen MR) is 66.4 cm³/mol. The van der Waals surface area contributed by atoms with Crippen molar-refractivity contribution in [1.82, 2.24) is 9.88 Å². The lowest BCUT2D eigenvalue weighted by Gasteiger charge is -2.10. The van der Waals surface area contributed by atoms with E-state index in [9.17, 15) is 4.79 Å². The average Bonchev–Trinajstić information content (AvgIpc) is 2.66. The second-order valence-electron chi connectivity index (χ2n) is 3.83. The third-order valence-electron chi connectivity index (χ3n) is 2.36.